The number of carboxylic acid groups (broad SMARTS) is 1. The second-order valence-corrected chi connectivity index (χ2v) is 16.6. The van der Waals surface area contributed by atoms with E-state index in [-0.39, 0.29) is 31.0 Å². The molecule has 8 nitrogen and oxygen atoms in total. The van der Waals surface area contributed by atoms with Gasteiger partial charge in [-0.1, -0.05) is 121 Å². The number of carbonyl (C=O) groups excluding carboxylic acids is 1. The summed E-state index contributed by atoms with van der Waals surface area (Å²) in [5.41, 5.74) is 1.93. The summed E-state index contributed by atoms with van der Waals surface area (Å²) in [4.78, 5) is 35.0. The molecule has 1 unspecified atom stereocenters. The number of alkyl halides is 3. The number of rotatable bonds is 9. The summed E-state index contributed by atoms with van der Waals surface area (Å²) in [6.45, 7) is 0.634. The molecular weight excluding hydrogens is 776 g/mol. The van der Waals surface area contributed by atoms with Crippen LogP contribution in [0.15, 0.2) is 158 Å². The van der Waals surface area contributed by atoms with Crippen molar-refractivity contribution in [1.29, 1.82) is 0 Å². The minimum absolute atomic E-state index is 0.0329. The second-order valence-electron chi connectivity index (χ2n) is 16.6. The Hall–Kier alpha value is -6.75. The molecule has 2 aromatic heterocycles. The predicted octanol–water partition coefficient (Wildman–Crippen LogP) is 10.3. The van der Waals surface area contributed by atoms with Crippen molar-refractivity contribution in [3.05, 3.63) is 186 Å². The van der Waals surface area contributed by atoms with E-state index in [2.05, 4.69) is 41.4 Å². The Bertz CT molecular complexity index is 2660. The number of benzene rings is 5. The van der Waals surface area contributed by atoms with Crippen molar-refractivity contribution in [2.45, 2.75) is 55.3 Å². The van der Waals surface area contributed by atoms with Crippen molar-refractivity contribution < 1.29 is 27.9 Å². The summed E-state index contributed by atoms with van der Waals surface area (Å²) in [5, 5.41) is 16.4. The maximum Gasteiger partial charge on any atom is 0.407 e. The van der Waals surface area contributed by atoms with Crippen LogP contribution in [0.1, 0.15) is 53.6 Å². The summed E-state index contributed by atoms with van der Waals surface area (Å²) in [7, 11) is 0. The van der Waals surface area contributed by atoms with Gasteiger partial charge in [0.05, 0.1) is 22.7 Å². The van der Waals surface area contributed by atoms with Gasteiger partial charge in [-0.05, 0) is 84.7 Å². The molecule has 1 saturated carbocycles. The molecule has 1 spiro atoms. The number of halogens is 3. The van der Waals surface area contributed by atoms with E-state index in [1.54, 1.807) is 11.0 Å². The third-order valence-corrected chi connectivity index (χ3v) is 13.5. The largest absolute Gasteiger partial charge is 0.465 e. The maximum absolute atomic E-state index is 14.9. The first kappa shape index (κ1) is 38.5. The van der Waals surface area contributed by atoms with Gasteiger partial charge < -0.3 is 14.9 Å². The normalized spacial score (nSPS) is 19.9. The highest BCUT2D eigenvalue weighted by molar-refractivity contribution is 6.04. The Morgan fingerprint density at radius 3 is 1.85 bits per heavy atom. The molecule has 3 aliphatic rings. The molecule has 2 saturated heterocycles. The summed E-state index contributed by atoms with van der Waals surface area (Å²) >= 11 is 0. The zero-order valence-corrected chi connectivity index (χ0v) is 33.2. The maximum atomic E-state index is 14.9. The third-order valence-electron chi connectivity index (χ3n) is 13.5. The lowest BCUT2D eigenvalue weighted by Crippen LogP contribution is -2.47. The minimum Gasteiger partial charge on any atom is -0.465 e. The van der Waals surface area contributed by atoms with Crippen LogP contribution in [-0.4, -0.2) is 62.1 Å². The van der Waals surface area contributed by atoms with Crippen LogP contribution < -0.4 is 4.90 Å². The van der Waals surface area contributed by atoms with E-state index in [0.717, 1.165) is 22.3 Å². The summed E-state index contributed by atoms with van der Waals surface area (Å²) < 4.78 is 45.7. The molecule has 2 atom stereocenters. The van der Waals surface area contributed by atoms with E-state index in [1.165, 1.54) is 17.2 Å². The number of hydrogen-bond donors (Lipinski definition) is 1. The topological polar surface area (TPSA) is 91.6 Å². The monoisotopic (exact) mass is 817 g/mol. The summed E-state index contributed by atoms with van der Waals surface area (Å²) in [6.07, 6.45) is -2.85. The van der Waals surface area contributed by atoms with Gasteiger partial charge in [0.15, 0.2) is 0 Å². The molecule has 2 aliphatic heterocycles. The average molecular weight is 818 g/mol. The van der Waals surface area contributed by atoms with Gasteiger partial charge >= 0.3 is 12.3 Å². The van der Waals surface area contributed by atoms with Crippen LogP contribution in [0.3, 0.4) is 0 Å². The molecule has 1 aliphatic carbocycles. The number of carbonyl (C=O) groups is 2. The Morgan fingerprint density at radius 1 is 0.721 bits per heavy atom. The first-order chi connectivity index (χ1) is 29.6. The quantitative estimate of drug-likeness (QED) is 0.147. The molecule has 0 radical (unpaired) electrons. The number of amides is 2. The molecule has 2 amide bonds. The van der Waals surface area contributed by atoms with Gasteiger partial charge in [0.25, 0.3) is 0 Å². The fraction of sp³-hybridized carbons (Fsp3) is 0.240. The van der Waals surface area contributed by atoms with Gasteiger partial charge in [0, 0.05) is 35.9 Å². The number of fused-ring (bicyclic) bond motifs is 1. The highest BCUT2D eigenvalue weighted by atomic mass is 19.4. The first-order valence-corrected chi connectivity index (χ1v) is 20.7. The lowest BCUT2D eigenvalue weighted by molar-refractivity contribution is -0.161. The van der Waals surface area contributed by atoms with Gasteiger partial charge in [0.2, 0.25) is 5.91 Å². The predicted molar refractivity (Wildman–Crippen MR) is 227 cm³/mol. The standard InChI is InChI=1S/C50H42F3N5O3/c51-50(52,53)48(24-25-48)42-32-35(23-28-54-42)44-40-33-39(56-29-26-47(45(56)59)27-30-57(46(60)61)43(47)31-34-13-5-1-6-14-34)21-22-41(40)58(55-44)49(36-15-7-2-8-16-36,37-17-9-3-10-18-37)38-19-11-4-12-20-38/h1-23,28,32-33,43H,24-27,29-31H2,(H,60,61)/t43-,47?/m1/s1. The van der Waals surface area contributed by atoms with Gasteiger partial charge in [-0.15, -0.1) is 0 Å². The van der Waals surface area contributed by atoms with E-state index in [0.29, 0.717) is 53.7 Å². The van der Waals surface area contributed by atoms with Crippen molar-refractivity contribution in [3.8, 4) is 11.3 Å². The van der Waals surface area contributed by atoms with Crippen LogP contribution in [0.25, 0.3) is 22.2 Å². The molecular formula is C50H42F3N5O3. The molecule has 7 aromatic rings. The highest BCUT2D eigenvalue weighted by Crippen LogP contribution is 2.59. The van der Waals surface area contributed by atoms with Crippen molar-refractivity contribution >= 4 is 28.6 Å². The fourth-order valence-electron chi connectivity index (χ4n) is 10.2. The van der Waals surface area contributed by atoms with Crippen LogP contribution in [0.4, 0.5) is 23.7 Å². The van der Waals surface area contributed by atoms with E-state index >= 15 is 0 Å². The van der Waals surface area contributed by atoms with Crippen molar-refractivity contribution in [2.24, 2.45) is 5.41 Å². The average Bonchev–Trinajstić information content (AvgIpc) is 3.80. The van der Waals surface area contributed by atoms with Crippen LogP contribution >= 0.6 is 0 Å². The Kier molecular flexibility index (Phi) is 9.12. The van der Waals surface area contributed by atoms with E-state index < -0.39 is 34.7 Å². The molecule has 4 heterocycles. The Morgan fingerprint density at radius 2 is 1.30 bits per heavy atom. The third kappa shape index (κ3) is 6.03. The number of anilines is 1. The van der Waals surface area contributed by atoms with Gasteiger partial charge in [0.1, 0.15) is 16.6 Å². The Labute approximate surface area is 350 Å². The van der Waals surface area contributed by atoms with Crippen LogP contribution in [-0.2, 0) is 22.2 Å². The van der Waals surface area contributed by atoms with Crippen LogP contribution in [0.5, 0.6) is 0 Å². The second kappa shape index (κ2) is 14.5. The molecule has 10 rings (SSSR count). The van der Waals surface area contributed by atoms with Crippen molar-refractivity contribution in [1.82, 2.24) is 19.7 Å². The smallest absolute Gasteiger partial charge is 0.407 e. The molecule has 3 fully saturated rings. The lowest BCUT2D eigenvalue weighted by atomic mass is 9.76. The Balaban J connectivity index is 1.18. The number of hydrogen-bond acceptors (Lipinski definition) is 4. The summed E-state index contributed by atoms with van der Waals surface area (Å²) in [6, 6.07) is 48.2. The lowest BCUT2D eigenvalue weighted by Gasteiger charge is -2.37. The molecule has 0 bridgehead atoms. The number of likely N-dealkylation sites (tertiary alicyclic amines) is 1. The summed E-state index contributed by atoms with van der Waals surface area (Å²) in [5.74, 6) is -0.135. The SMILES string of the molecule is O=C(O)N1CCC2(CCN(c3ccc4c(c3)c(-c3ccnc(C5(C(F)(F)F)CC5)c3)nn4C(c3ccccc3)(c3ccccc3)c3ccccc3)C2=O)[C@H]1Cc1ccccc1. The number of aromatic nitrogens is 3. The van der Waals surface area contributed by atoms with Crippen LogP contribution in [0.2, 0.25) is 0 Å². The van der Waals surface area contributed by atoms with Crippen molar-refractivity contribution in [3.63, 3.8) is 0 Å². The van der Waals surface area contributed by atoms with Crippen molar-refractivity contribution in [2.75, 3.05) is 18.0 Å². The first-order valence-electron chi connectivity index (χ1n) is 20.7. The highest BCUT2D eigenvalue weighted by Gasteiger charge is 2.65. The zero-order chi connectivity index (χ0) is 42.0. The molecule has 1 N–H and O–H groups in total. The number of nitrogens with zero attached hydrogens (tertiary/aromatic N) is 5. The van der Waals surface area contributed by atoms with E-state index in [9.17, 15) is 27.9 Å². The van der Waals surface area contributed by atoms with E-state index in [4.69, 9.17) is 5.10 Å². The molecule has 61 heavy (non-hydrogen) atoms. The van der Waals surface area contributed by atoms with Gasteiger partial charge in [-0.25, -0.2) is 9.48 Å². The minimum atomic E-state index is -4.46. The zero-order valence-electron chi connectivity index (χ0n) is 33.2. The van der Waals surface area contributed by atoms with Crippen LogP contribution in [0, 0.1) is 5.41 Å². The van der Waals surface area contributed by atoms with Gasteiger partial charge in [-0.3, -0.25) is 9.78 Å². The molecule has 11 heteroatoms. The fourth-order valence-corrected chi connectivity index (χ4v) is 10.2. The van der Waals surface area contributed by atoms with Gasteiger partial charge in [-0.2, -0.15) is 18.3 Å². The molecule has 5 aromatic carbocycles. The number of pyridine rings is 1. The molecule has 306 valence electrons. The van der Waals surface area contributed by atoms with E-state index in [1.807, 2.05) is 108 Å².